The normalized spacial score (nSPS) is 24.1. The molecule has 172 valence electrons. The van der Waals surface area contributed by atoms with E-state index in [4.69, 9.17) is 9.47 Å². The fourth-order valence-electron chi connectivity index (χ4n) is 4.38. The number of hydrogen-bond acceptors (Lipinski definition) is 4. The maximum atomic E-state index is 12.3. The first-order valence-electron chi connectivity index (χ1n) is 11.1. The number of carbonyl (C=O) groups excluding carboxylic acids is 1. The lowest BCUT2D eigenvalue weighted by atomic mass is 10.1. The number of amides is 2. The summed E-state index contributed by atoms with van der Waals surface area (Å²) in [6.07, 6.45) is 4.66. The third-order valence-electron chi connectivity index (χ3n) is 6.01. The van der Waals surface area contributed by atoms with Gasteiger partial charge in [0.05, 0.1) is 12.7 Å². The molecule has 0 aliphatic carbocycles. The van der Waals surface area contributed by atoms with E-state index in [1.54, 1.807) is 0 Å². The Bertz CT molecular complexity index is 750. The number of guanidine groups is 1. The summed E-state index contributed by atoms with van der Waals surface area (Å²) >= 11 is 0. The molecule has 2 atom stereocenters. The molecule has 2 unspecified atom stereocenters. The van der Waals surface area contributed by atoms with Crippen LogP contribution in [0.5, 0.6) is 0 Å². The molecular formula is C22H34IN5O3. The molecule has 9 heteroatoms. The monoisotopic (exact) mass is 543 g/mol. The first-order valence-corrected chi connectivity index (χ1v) is 11.1. The van der Waals surface area contributed by atoms with Crippen molar-refractivity contribution in [2.45, 2.75) is 44.4 Å². The molecule has 0 bridgehead atoms. The van der Waals surface area contributed by atoms with Crippen LogP contribution >= 0.6 is 24.0 Å². The Morgan fingerprint density at radius 3 is 2.65 bits per heavy atom. The largest absolute Gasteiger partial charge is 0.375 e. The standard InChI is InChI=1S/C22H33N5O3.HI/c1-23-21(27-11-13-30-20(16-27)19-8-5-12-29-19)24-15-17-6-4-7-18(14-17)25-22(28)26-9-2-3-10-26;/h4,6-7,14,19-20H,2-3,5,8-13,15-16H2,1H3,(H,23,24)(H,25,28);1H. The van der Waals surface area contributed by atoms with Gasteiger partial charge in [0, 0.05) is 52.1 Å². The van der Waals surface area contributed by atoms with E-state index in [1.807, 2.05) is 30.1 Å². The van der Waals surface area contributed by atoms with E-state index in [-0.39, 0.29) is 42.2 Å². The molecule has 3 aliphatic heterocycles. The highest BCUT2D eigenvalue weighted by atomic mass is 127. The van der Waals surface area contributed by atoms with Crippen LogP contribution in [0.15, 0.2) is 29.3 Å². The molecule has 0 radical (unpaired) electrons. The molecule has 0 spiro atoms. The van der Waals surface area contributed by atoms with E-state index >= 15 is 0 Å². The number of morpholine rings is 1. The average molecular weight is 543 g/mol. The molecule has 4 rings (SSSR count). The number of rotatable bonds is 4. The molecule has 8 nitrogen and oxygen atoms in total. The van der Waals surface area contributed by atoms with Gasteiger partial charge < -0.3 is 29.9 Å². The van der Waals surface area contributed by atoms with Gasteiger partial charge in [0.15, 0.2) is 5.96 Å². The maximum Gasteiger partial charge on any atom is 0.321 e. The minimum absolute atomic E-state index is 0. The fraction of sp³-hybridized carbons (Fsp3) is 0.636. The highest BCUT2D eigenvalue weighted by Crippen LogP contribution is 2.21. The number of anilines is 1. The number of nitrogens with one attached hydrogen (secondary N) is 2. The zero-order chi connectivity index (χ0) is 20.8. The molecule has 3 saturated heterocycles. The predicted octanol–water partition coefficient (Wildman–Crippen LogP) is 2.89. The summed E-state index contributed by atoms with van der Waals surface area (Å²) in [5.41, 5.74) is 1.92. The number of hydrogen-bond donors (Lipinski definition) is 2. The van der Waals surface area contributed by atoms with Crippen LogP contribution in [0, 0.1) is 0 Å². The molecule has 1 aromatic rings. The van der Waals surface area contributed by atoms with Gasteiger partial charge in [0.2, 0.25) is 0 Å². The second-order valence-electron chi connectivity index (χ2n) is 8.13. The lowest BCUT2D eigenvalue weighted by Crippen LogP contribution is -2.53. The van der Waals surface area contributed by atoms with Crippen LogP contribution in [0.1, 0.15) is 31.2 Å². The second-order valence-corrected chi connectivity index (χ2v) is 8.13. The van der Waals surface area contributed by atoms with Crippen LogP contribution in [0.3, 0.4) is 0 Å². The summed E-state index contributed by atoms with van der Waals surface area (Å²) in [4.78, 5) is 20.9. The van der Waals surface area contributed by atoms with Gasteiger partial charge in [-0.1, -0.05) is 12.1 Å². The molecular weight excluding hydrogens is 509 g/mol. The van der Waals surface area contributed by atoms with Crippen LogP contribution in [0.4, 0.5) is 10.5 Å². The molecule has 3 aliphatic rings. The summed E-state index contributed by atoms with van der Waals surface area (Å²) < 4.78 is 11.8. The highest BCUT2D eigenvalue weighted by Gasteiger charge is 2.32. The van der Waals surface area contributed by atoms with Crippen LogP contribution < -0.4 is 10.6 Å². The van der Waals surface area contributed by atoms with Gasteiger partial charge in [-0.05, 0) is 43.4 Å². The Balaban J connectivity index is 0.00000272. The highest BCUT2D eigenvalue weighted by molar-refractivity contribution is 14.0. The van der Waals surface area contributed by atoms with E-state index in [0.29, 0.717) is 13.2 Å². The lowest BCUT2D eigenvalue weighted by Gasteiger charge is -2.37. The number of urea groups is 1. The maximum absolute atomic E-state index is 12.3. The quantitative estimate of drug-likeness (QED) is 0.347. The van der Waals surface area contributed by atoms with Crippen molar-refractivity contribution in [1.29, 1.82) is 0 Å². The molecule has 0 saturated carbocycles. The third kappa shape index (κ3) is 6.45. The van der Waals surface area contributed by atoms with Crippen molar-refractivity contribution >= 4 is 41.7 Å². The van der Waals surface area contributed by atoms with Crippen molar-refractivity contribution in [2.75, 3.05) is 51.8 Å². The summed E-state index contributed by atoms with van der Waals surface area (Å²) in [6, 6.07) is 7.97. The van der Waals surface area contributed by atoms with Crippen LogP contribution in [-0.2, 0) is 16.0 Å². The van der Waals surface area contributed by atoms with Gasteiger partial charge in [0.25, 0.3) is 0 Å². The number of nitrogens with zero attached hydrogens (tertiary/aromatic N) is 3. The topological polar surface area (TPSA) is 78.4 Å². The Kier molecular flexibility index (Phi) is 9.21. The average Bonchev–Trinajstić information content (AvgIpc) is 3.49. The number of carbonyl (C=O) groups is 1. The third-order valence-corrected chi connectivity index (χ3v) is 6.01. The number of benzene rings is 1. The summed E-state index contributed by atoms with van der Waals surface area (Å²) in [6.45, 7) is 5.45. The van der Waals surface area contributed by atoms with E-state index in [9.17, 15) is 4.79 Å². The molecule has 0 aromatic heterocycles. The minimum atomic E-state index is -0.0121. The van der Waals surface area contributed by atoms with E-state index in [1.165, 1.54) is 0 Å². The van der Waals surface area contributed by atoms with Gasteiger partial charge in [0.1, 0.15) is 6.10 Å². The van der Waals surface area contributed by atoms with Crippen molar-refractivity contribution in [1.82, 2.24) is 15.1 Å². The van der Waals surface area contributed by atoms with Gasteiger partial charge in [-0.25, -0.2) is 4.79 Å². The minimum Gasteiger partial charge on any atom is -0.375 e. The molecule has 31 heavy (non-hydrogen) atoms. The lowest BCUT2D eigenvalue weighted by molar-refractivity contribution is -0.0817. The molecule has 3 heterocycles. The smallest absolute Gasteiger partial charge is 0.321 e. The molecule has 2 N–H and O–H groups in total. The van der Waals surface area contributed by atoms with Crippen LogP contribution in [-0.4, -0.2) is 80.4 Å². The van der Waals surface area contributed by atoms with Crippen molar-refractivity contribution in [3.8, 4) is 0 Å². The number of aliphatic imine (C=N–C) groups is 1. The fourth-order valence-corrected chi connectivity index (χ4v) is 4.38. The Hall–Kier alpha value is -1.59. The molecule has 1 aromatic carbocycles. The second kappa shape index (κ2) is 11.9. The Morgan fingerprint density at radius 2 is 1.90 bits per heavy atom. The number of halogens is 1. The summed E-state index contributed by atoms with van der Waals surface area (Å²) in [7, 11) is 1.81. The Morgan fingerprint density at radius 1 is 1.10 bits per heavy atom. The SMILES string of the molecule is CN=C(NCc1cccc(NC(=O)N2CCCC2)c1)N1CCOC(C2CCCO2)C1.I. The van der Waals surface area contributed by atoms with Crippen molar-refractivity contribution in [3.05, 3.63) is 29.8 Å². The van der Waals surface area contributed by atoms with Gasteiger partial charge in [-0.15, -0.1) is 24.0 Å². The zero-order valence-corrected chi connectivity index (χ0v) is 20.5. The van der Waals surface area contributed by atoms with Crippen molar-refractivity contribution in [3.63, 3.8) is 0 Å². The molecule has 3 fully saturated rings. The summed E-state index contributed by atoms with van der Waals surface area (Å²) in [5, 5.41) is 6.47. The zero-order valence-electron chi connectivity index (χ0n) is 18.2. The Labute approximate surface area is 201 Å². The van der Waals surface area contributed by atoms with E-state index in [0.717, 1.165) is 75.7 Å². The first-order chi connectivity index (χ1) is 14.7. The number of ether oxygens (including phenoxy) is 2. The van der Waals surface area contributed by atoms with Crippen molar-refractivity contribution < 1.29 is 14.3 Å². The first kappa shape index (κ1) is 24.1. The van der Waals surface area contributed by atoms with E-state index < -0.39 is 0 Å². The van der Waals surface area contributed by atoms with Gasteiger partial charge >= 0.3 is 6.03 Å². The predicted molar refractivity (Wildman–Crippen MR) is 132 cm³/mol. The number of likely N-dealkylation sites (tertiary alicyclic amines) is 1. The van der Waals surface area contributed by atoms with Crippen LogP contribution in [0.25, 0.3) is 0 Å². The molecule has 2 amide bonds. The van der Waals surface area contributed by atoms with Crippen molar-refractivity contribution in [2.24, 2.45) is 4.99 Å². The van der Waals surface area contributed by atoms with Gasteiger partial charge in [-0.3, -0.25) is 4.99 Å². The van der Waals surface area contributed by atoms with E-state index in [2.05, 4.69) is 26.6 Å². The summed E-state index contributed by atoms with van der Waals surface area (Å²) in [5.74, 6) is 0.868. The van der Waals surface area contributed by atoms with Crippen LogP contribution in [0.2, 0.25) is 0 Å². The van der Waals surface area contributed by atoms with Gasteiger partial charge in [-0.2, -0.15) is 0 Å².